The Bertz CT molecular complexity index is 362. The van der Waals surface area contributed by atoms with Gasteiger partial charge < -0.3 is 15.0 Å². The molecular weight excluding hydrogens is 250 g/mol. The van der Waals surface area contributed by atoms with Crippen molar-refractivity contribution in [3.8, 4) is 0 Å². The molecule has 1 aromatic heterocycles. The van der Waals surface area contributed by atoms with E-state index in [1.165, 1.54) is 0 Å². The molecule has 1 heterocycles. The van der Waals surface area contributed by atoms with Gasteiger partial charge in [-0.1, -0.05) is 25.9 Å². The molecule has 0 bridgehead atoms. The lowest BCUT2D eigenvalue weighted by Crippen LogP contribution is -2.21. The molecule has 0 saturated heterocycles. The molecule has 0 saturated carbocycles. The monoisotopic (exact) mass is 273 g/mol. The van der Waals surface area contributed by atoms with Gasteiger partial charge in [0.05, 0.1) is 6.04 Å². The summed E-state index contributed by atoms with van der Waals surface area (Å²) in [5.41, 5.74) is 5.91. The Morgan fingerprint density at radius 2 is 2.11 bits per heavy atom. The molecule has 1 aromatic rings. The molecule has 0 spiro atoms. The van der Waals surface area contributed by atoms with Crippen molar-refractivity contribution in [2.75, 3.05) is 19.1 Å². The molecule has 5 nitrogen and oxygen atoms in total. The quantitative estimate of drug-likeness (QED) is 0.858. The van der Waals surface area contributed by atoms with Crippen LogP contribution in [0.2, 0.25) is 0 Å². The minimum atomic E-state index is -0.198. The number of nitrogens with zero attached hydrogens (tertiary/aromatic N) is 2. The normalized spacial score (nSPS) is 15.7. The SMILES string of the molecule is COC(c1noc(C(N)CCSC)n1)C(C)(C)C. The molecule has 0 amide bonds. The number of hydrogen-bond acceptors (Lipinski definition) is 6. The predicted octanol–water partition coefficient (Wildman–Crippen LogP) is 2.56. The standard InChI is InChI=1S/C12H23N3O2S/c1-12(2,3)9(16-4)10-14-11(17-15-10)8(13)6-7-18-5/h8-9H,6-7,13H2,1-5H3. The first-order chi connectivity index (χ1) is 8.40. The third-order valence-electron chi connectivity index (χ3n) is 2.66. The number of methoxy groups -OCH3 is 1. The van der Waals surface area contributed by atoms with E-state index in [1.807, 2.05) is 6.26 Å². The number of ether oxygens (including phenoxy) is 1. The summed E-state index contributed by atoms with van der Waals surface area (Å²) in [5, 5.41) is 3.99. The van der Waals surface area contributed by atoms with Gasteiger partial charge >= 0.3 is 0 Å². The fourth-order valence-corrected chi connectivity index (χ4v) is 2.21. The van der Waals surface area contributed by atoms with Gasteiger partial charge in [0.15, 0.2) is 0 Å². The van der Waals surface area contributed by atoms with Gasteiger partial charge in [-0.25, -0.2) is 0 Å². The molecule has 2 atom stereocenters. The van der Waals surface area contributed by atoms with Gasteiger partial charge in [0.25, 0.3) is 0 Å². The molecule has 0 aliphatic carbocycles. The summed E-state index contributed by atoms with van der Waals surface area (Å²) in [4.78, 5) is 4.36. The minimum absolute atomic E-state index is 0.0841. The summed E-state index contributed by atoms with van der Waals surface area (Å²) in [6, 6.07) is -0.198. The first-order valence-corrected chi connectivity index (χ1v) is 7.40. The maximum Gasteiger partial charge on any atom is 0.243 e. The molecule has 1 rings (SSSR count). The van der Waals surface area contributed by atoms with E-state index >= 15 is 0 Å². The lowest BCUT2D eigenvalue weighted by molar-refractivity contribution is 0.00718. The van der Waals surface area contributed by atoms with Crippen LogP contribution in [0.3, 0.4) is 0 Å². The number of aromatic nitrogens is 2. The maximum absolute atomic E-state index is 5.99. The van der Waals surface area contributed by atoms with Crippen LogP contribution < -0.4 is 5.73 Å². The Morgan fingerprint density at radius 1 is 1.44 bits per heavy atom. The average Bonchev–Trinajstić information content (AvgIpc) is 2.74. The lowest BCUT2D eigenvalue weighted by atomic mass is 9.88. The lowest BCUT2D eigenvalue weighted by Gasteiger charge is -2.26. The van der Waals surface area contributed by atoms with Crippen LogP contribution in [-0.2, 0) is 4.74 Å². The van der Waals surface area contributed by atoms with Gasteiger partial charge in [0.1, 0.15) is 6.10 Å². The number of rotatable bonds is 6. The molecule has 0 radical (unpaired) electrons. The second-order valence-corrected chi connectivity index (χ2v) is 6.35. The van der Waals surface area contributed by atoms with Crippen molar-refractivity contribution >= 4 is 11.8 Å². The highest BCUT2D eigenvalue weighted by Gasteiger charge is 2.31. The van der Waals surface area contributed by atoms with Crippen molar-refractivity contribution in [3.05, 3.63) is 11.7 Å². The van der Waals surface area contributed by atoms with Crippen LogP contribution in [0.25, 0.3) is 0 Å². The fourth-order valence-electron chi connectivity index (χ4n) is 1.72. The van der Waals surface area contributed by atoms with E-state index in [-0.39, 0.29) is 17.6 Å². The van der Waals surface area contributed by atoms with Crippen molar-refractivity contribution < 1.29 is 9.26 Å². The topological polar surface area (TPSA) is 74.2 Å². The van der Waals surface area contributed by atoms with Crippen LogP contribution in [0.4, 0.5) is 0 Å². The number of thioether (sulfide) groups is 1. The summed E-state index contributed by atoms with van der Waals surface area (Å²) < 4.78 is 10.7. The third kappa shape index (κ3) is 3.96. The van der Waals surface area contributed by atoms with E-state index in [1.54, 1.807) is 18.9 Å². The molecule has 0 aromatic carbocycles. The van der Waals surface area contributed by atoms with Crippen molar-refractivity contribution in [1.29, 1.82) is 0 Å². The molecule has 2 N–H and O–H groups in total. The van der Waals surface area contributed by atoms with Gasteiger partial charge in [0.2, 0.25) is 11.7 Å². The van der Waals surface area contributed by atoms with Crippen LogP contribution in [0.15, 0.2) is 4.52 Å². The Kier molecular flexibility index (Phi) is 5.62. The van der Waals surface area contributed by atoms with Crippen molar-refractivity contribution in [3.63, 3.8) is 0 Å². The first kappa shape index (κ1) is 15.5. The Labute approximate surface area is 113 Å². The highest BCUT2D eigenvalue weighted by Crippen LogP contribution is 2.34. The largest absolute Gasteiger partial charge is 0.373 e. The van der Waals surface area contributed by atoms with E-state index < -0.39 is 0 Å². The Balaban J connectivity index is 2.78. The molecule has 18 heavy (non-hydrogen) atoms. The van der Waals surface area contributed by atoms with Crippen LogP contribution in [-0.4, -0.2) is 29.3 Å². The fraction of sp³-hybridized carbons (Fsp3) is 0.833. The molecule has 2 unspecified atom stereocenters. The van der Waals surface area contributed by atoms with Gasteiger partial charge in [0, 0.05) is 7.11 Å². The second kappa shape index (κ2) is 6.54. The molecule has 0 aliphatic rings. The highest BCUT2D eigenvalue weighted by atomic mass is 32.2. The predicted molar refractivity (Wildman–Crippen MR) is 73.4 cm³/mol. The Hall–Kier alpha value is -0.590. The minimum Gasteiger partial charge on any atom is -0.373 e. The number of hydrogen-bond donors (Lipinski definition) is 1. The zero-order valence-corrected chi connectivity index (χ0v) is 12.6. The van der Waals surface area contributed by atoms with Gasteiger partial charge in [-0.05, 0) is 23.8 Å². The maximum atomic E-state index is 5.99. The summed E-state index contributed by atoms with van der Waals surface area (Å²) in [6.45, 7) is 6.22. The molecule has 6 heteroatoms. The highest BCUT2D eigenvalue weighted by molar-refractivity contribution is 7.98. The summed E-state index contributed by atoms with van der Waals surface area (Å²) in [7, 11) is 1.65. The van der Waals surface area contributed by atoms with Crippen molar-refractivity contribution in [1.82, 2.24) is 10.1 Å². The van der Waals surface area contributed by atoms with Gasteiger partial charge in [-0.15, -0.1) is 0 Å². The van der Waals surface area contributed by atoms with Crippen molar-refractivity contribution in [2.45, 2.75) is 39.3 Å². The molecule has 104 valence electrons. The van der Waals surface area contributed by atoms with Crippen LogP contribution in [0.1, 0.15) is 51.1 Å². The smallest absolute Gasteiger partial charge is 0.243 e. The third-order valence-corrected chi connectivity index (χ3v) is 3.31. The second-order valence-electron chi connectivity index (χ2n) is 5.36. The van der Waals surface area contributed by atoms with Gasteiger partial charge in [-0.3, -0.25) is 0 Å². The zero-order chi connectivity index (χ0) is 13.8. The number of nitrogens with two attached hydrogens (primary N) is 1. The summed E-state index contributed by atoms with van der Waals surface area (Å²) in [5.74, 6) is 2.04. The van der Waals surface area contributed by atoms with E-state index in [2.05, 4.69) is 30.9 Å². The van der Waals surface area contributed by atoms with Crippen LogP contribution >= 0.6 is 11.8 Å². The van der Waals surface area contributed by atoms with Gasteiger partial charge in [-0.2, -0.15) is 16.7 Å². The molecular formula is C12H23N3O2S. The molecule has 0 fully saturated rings. The Morgan fingerprint density at radius 3 is 2.61 bits per heavy atom. The van der Waals surface area contributed by atoms with E-state index in [0.29, 0.717) is 11.7 Å². The van der Waals surface area contributed by atoms with Crippen molar-refractivity contribution in [2.24, 2.45) is 11.1 Å². The van der Waals surface area contributed by atoms with Crippen LogP contribution in [0.5, 0.6) is 0 Å². The van der Waals surface area contributed by atoms with Crippen LogP contribution in [0, 0.1) is 5.41 Å². The van der Waals surface area contributed by atoms with E-state index in [0.717, 1.165) is 12.2 Å². The van der Waals surface area contributed by atoms with E-state index in [9.17, 15) is 0 Å². The first-order valence-electron chi connectivity index (χ1n) is 6.01. The zero-order valence-electron chi connectivity index (χ0n) is 11.8. The van der Waals surface area contributed by atoms with E-state index in [4.69, 9.17) is 15.0 Å². The summed E-state index contributed by atoms with van der Waals surface area (Å²) in [6.07, 6.45) is 2.69. The average molecular weight is 273 g/mol. The molecule has 0 aliphatic heterocycles. The summed E-state index contributed by atoms with van der Waals surface area (Å²) >= 11 is 1.75.